The number of nitrogens with zero attached hydrogens (tertiary/aromatic N) is 2. The van der Waals surface area contributed by atoms with Crippen molar-refractivity contribution in [3.8, 4) is 0 Å². The molecule has 0 aliphatic carbocycles. The van der Waals surface area contributed by atoms with Crippen molar-refractivity contribution in [1.29, 1.82) is 0 Å². The first-order valence-electron chi connectivity index (χ1n) is 8.96. The van der Waals surface area contributed by atoms with Crippen LogP contribution >= 0.6 is 11.8 Å². The van der Waals surface area contributed by atoms with Crippen molar-refractivity contribution in [2.24, 2.45) is 0 Å². The van der Waals surface area contributed by atoms with Crippen LogP contribution in [-0.4, -0.2) is 42.7 Å². The molecule has 0 atom stereocenters. The third-order valence-corrected chi connectivity index (χ3v) is 5.70. The van der Waals surface area contributed by atoms with E-state index in [1.165, 1.54) is 5.56 Å². The number of aryl methyl sites for hydroxylation is 1. The SMILES string of the molecule is O=[N+]([O-])c1ccc(SCc2ccccc2)c(CCCN2CCOCC2)c1. The molecular weight excluding hydrogens is 348 g/mol. The maximum atomic E-state index is 11.1. The van der Waals surface area contributed by atoms with E-state index in [9.17, 15) is 10.1 Å². The number of hydrogen-bond donors (Lipinski definition) is 0. The van der Waals surface area contributed by atoms with Crippen LogP contribution in [0, 0.1) is 10.1 Å². The minimum Gasteiger partial charge on any atom is -0.379 e. The third kappa shape index (κ3) is 5.56. The zero-order chi connectivity index (χ0) is 18.2. The summed E-state index contributed by atoms with van der Waals surface area (Å²) in [6, 6.07) is 15.6. The standard InChI is InChI=1S/C20H24N2O3S/c23-22(24)19-8-9-20(26-16-17-5-2-1-3-6-17)18(15-19)7-4-10-21-11-13-25-14-12-21/h1-3,5-6,8-9,15H,4,7,10-14,16H2. The first-order valence-corrected chi connectivity index (χ1v) is 9.95. The van der Waals surface area contributed by atoms with E-state index in [2.05, 4.69) is 17.0 Å². The van der Waals surface area contributed by atoms with Gasteiger partial charge in [-0.05, 0) is 36.6 Å². The van der Waals surface area contributed by atoms with Gasteiger partial charge in [-0.1, -0.05) is 30.3 Å². The highest BCUT2D eigenvalue weighted by Gasteiger charge is 2.13. The van der Waals surface area contributed by atoms with Gasteiger partial charge in [0.25, 0.3) is 5.69 Å². The van der Waals surface area contributed by atoms with Crippen LogP contribution in [0.5, 0.6) is 0 Å². The zero-order valence-corrected chi connectivity index (χ0v) is 15.6. The van der Waals surface area contributed by atoms with Crippen LogP contribution in [0.2, 0.25) is 0 Å². The van der Waals surface area contributed by atoms with E-state index in [0.29, 0.717) is 0 Å². The summed E-state index contributed by atoms with van der Waals surface area (Å²) >= 11 is 1.75. The van der Waals surface area contributed by atoms with Crippen LogP contribution in [0.1, 0.15) is 17.5 Å². The molecule has 1 saturated heterocycles. The topological polar surface area (TPSA) is 55.6 Å². The number of nitro groups is 1. The van der Waals surface area contributed by atoms with Crippen molar-refractivity contribution >= 4 is 17.4 Å². The van der Waals surface area contributed by atoms with Crippen LogP contribution in [-0.2, 0) is 16.9 Å². The second-order valence-electron chi connectivity index (χ2n) is 6.38. The van der Waals surface area contributed by atoms with Crippen molar-refractivity contribution in [2.75, 3.05) is 32.8 Å². The summed E-state index contributed by atoms with van der Waals surface area (Å²) in [5, 5.41) is 11.1. The first-order chi connectivity index (χ1) is 12.7. The number of benzene rings is 2. The molecule has 0 bridgehead atoms. The van der Waals surface area contributed by atoms with E-state index in [0.717, 1.165) is 61.9 Å². The Morgan fingerprint density at radius 3 is 2.62 bits per heavy atom. The molecular formula is C20H24N2O3S. The average Bonchev–Trinajstić information content (AvgIpc) is 2.68. The lowest BCUT2D eigenvalue weighted by Gasteiger charge is -2.26. The van der Waals surface area contributed by atoms with Gasteiger partial charge in [0, 0.05) is 35.9 Å². The zero-order valence-electron chi connectivity index (χ0n) is 14.8. The fraction of sp³-hybridized carbons (Fsp3) is 0.400. The van der Waals surface area contributed by atoms with Crippen LogP contribution in [0.25, 0.3) is 0 Å². The molecule has 1 fully saturated rings. The number of nitro benzene ring substituents is 1. The molecule has 138 valence electrons. The summed E-state index contributed by atoms with van der Waals surface area (Å²) in [6.07, 6.45) is 1.86. The Morgan fingerprint density at radius 1 is 1.12 bits per heavy atom. The molecule has 1 aliphatic heterocycles. The largest absolute Gasteiger partial charge is 0.379 e. The highest BCUT2D eigenvalue weighted by molar-refractivity contribution is 7.98. The van der Waals surface area contributed by atoms with Crippen molar-refractivity contribution in [2.45, 2.75) is 23.5 Å². The molecule has 5 nitrogen and oxygen atoms in total. The smallest absolute Gasteiger partial charge is 0.269 e. The lowest BCUT2D eigenvalue weighted by Crippen LogP contribution is -2.36. The molecule has 0 aromatic heterocycles. The Kier molecular flexibility index (Phi) is 7.05. The van der Waals surface area contributed by atoms with Crippen molar-refractivity contribution < 1.29 is 9.66 Å². The monoisotopic (exact) mass is 372 g/mol. The Hall–Kier alpha value is -1.89. The Labute approximate surface area is 158 Å². The molecule has 2 aromatic rings. The number of rotatable bonds is 8. The molecule has 0 N–H and O–H groups in total. The molecule has 0 radical (unpaired) electrons. The predicted molar refractivity (Wildman–Crippen MR) is 105 cm³/mol. The molecule has 0 amide bonds. The molecule has 2 aromatic carbocycles. The Balaban J connectivity index is 1.63. The molecule has 0 saturated carbocycles. The van der Waals surface area contributed by atoms with E-state index < -0.39 is 0 Å². The summed E-state index contributed by atoms with van der Waals surface area (Å²) in [7, 11) is 0. The first kappa shape index (κ1) is 18.9. The molecule has 3 rings (SSSR count). The van der Waals surface area contributed by atoms with Crippen LogP contribution in [0.4, 0.5) is 5.69 Å². The van der Waals surface area contributed by atoms with Crippen molar-refractivity contribution in [3.05, 3.63) is 69.8 Å². The number of hydrogen-bond acceptors (Lipinski definition) is 5. The second-order valence-corrected chi connectivity index (χ2v) is 7.40. The number of non-ortho nitro benzene ring substituents is 1. The van der Waals surface area contributed by atoms with Gasteiger partial charge >= 0.3 is 0 Å². The summed E-state index contributed by atoms with van der Waals surface area (Å²) in [6.45, 7) is 4.56. The van der Waals surface area contributed by atoms with Crippen molar-refractivity contribution in [1.82, 2.24) is 4.90 Å². The summed E-state index contributed by atoms with van der Waals surface area (Å²) < 4.78 is 5.38. The normalized spacial score (nSPS) is 15.1. The summed E-state index contributed by atoms with van der Waals surface area (Å²) in [5.74, 6) is 0.870. The average molecular weight is 372 g/mol. The quantitative estimate of drug-likeness (QED) is 0.396. The number of thioether (sulfide) groups is 1. The van der Waals surface area contributed by atoms with E-state index >= 15 is 0 Å². The highest BCUT2D eigenvalue weighted by Crippen LogP contribution is 2.30. The van der Waals surface area contributed by atoms with Gasteiger partial charge in [0.05, 0.1) is 18.1 Å². The van der Waals surface area contributed by atoms with Gasteiger partial charge in [0.1, 0.15) is 0 Å². The fourth-order valence-corrected chi connectivity index (χ4v) is 4.09. The number of ether oxygens (including phenoxy) is 1. The molecule has 6 heteroatoms. The lowest BCUT2D eigenvalue weighted by molar-refractivity contribution is -0.385. The maximum absolute atomic E-state index is 11.1. The van der Waals surface area contributed by atoms with E-state index in [4.69, 9.17) is 4.74 Å². The number of morpholine rings is 1. The van der Waals surface area contributed by atoms with Gasteiger partial charge in [0.15, 0.2) is 0 Å². The van der Waals surface area contributed by atoms with Gasteiger partial charge in [-0.3, -0.25) is 15.0 Å². The van der Waals surface area contributed by atoms with Crippen LogP contribution in [0.3, 0.4) is 0 Å². The third-order valence-electron chi connectivity index (χ3n) is 4.52. The Bertz CT molecular complexity index is 718. The minimum absolute atomic E-state index is 0.176. The van der Waals surface area contributed by atoms with E-state index in [1.807, 2.05) is 24.3 Å². The fourth-order valence-electron chi connectivity index (χ4n) is 3.07. The van der Waals surface area contributed by atoms with E-state index in [1.54, 1.807) is 23.9 Å². The summed E-state index contributed by atoms with van der Waals surface area (Å²) in [5.41, 5.74) is 2.51. The predicted octanol–water partition coefficient (Wildman–Crippen LogP) is 4.15. The van der Waals surface area contributed by atoms with E-state index in [-0.39, 0.29) is 10.6 Å². The molecule has 1 heterocycles. The highest BCUT2D eigenvalue weighted by atomic mass is 32.2. The van der Waals surface area contributed by atoms with Crippen LogP contribution in [0.15, 0.2) is 53.4 Å². The lowest BCUT2D eigenvalue weighted by atomic mass is 10.1. The molecule has 26 heavy (non-hydrogen) atoms. The second kappa shape index (κ2) is 9.71. The molecule has 0 unspecified atom stereocenters. The molecule has 1 aliphatic rings. The summed E-state index contributed by atoms with van der Waals surface area (Å²) in [4.78, 5) is 14.4. The minimum atomic E-state index is -0.308. The van der Waals surface area contributed by atoms with Crippen LogP contribution < -0.4 is 0 Å². The van der Waals surface area contributed by atoms with Gasteiger partial charge in [-0.25, -0.2) is 0 Å². The van der Waals surface area contributed by atoms with Gasteiger partial charge in [-0.2, -0.15) is 0 Å². The molecule has 0 spiro atoms. The van der Waals surface area contributed by atoms with Gasteiger partial charge in [0.2, 0.25) is 0 Å². The van der Waals surface area contributed by atoms with Gasteiger partial charge in [-0.15, -0.1) is 11.8 Å². The van der Waals surface area contributed by atoms with Gasteiger partial charge < -0.3 is 4.74 Å². The Morgan fingerprint density at radius 2 is 1.88 bits per heavy atom. The maximum Gasteiger partial charge on any atom is 0.269 e. The van der Waals surface area contributed by atoms with Crippen molar-refractivity contribution in [3.63, 3.8) is 0 Å².